The number of aliphatic hydroxyl groups is 1. The Morgan fingerprint density at radius 1 is 1.47 bits per heavy atom. The lowest BCUT2D eigenvalue weighted by Crippen LogP contribution is -2.37. The van der Waals surface area contributed by atoms with Crippen LogP contribution in [0.4, 0.5) is 0 Å². The number of carbonyl (C=O) groups excluding carboxylic acids is 1. The molecule has 0 aliphatic heterocycles. The van der Waals surface area contributed by atoms with E-state index >= 15 is 0 Å². The Morgan fingerprint density at radius 2 is 2.26 bits per heavy atom. The zero-order valence-electron chi connectivity index (χ0n) is 11.0. The van der Waals surface area contributed by atoms with Crippen LogP contribution >= 0.6 is 0 Å². The quantitative estimate of drug-likeness (QED) is 0.735. The van der Waals surface area contributed by atoms with Crippen LogP contribution < -0.4 is 5.32 Å². The van der Waals surface area contributed by atoms with E-state index in [4.69, 9.17) is 5.11 Å². The molecule has 1 amide bonds. The molecule has 0 aliphatic carbocycles. The Labute approximate surface area is 112 Å². The normalized spacial score (nSPS) is 12.5. The number of imidazole rings is 1. The molecule has 0 saturated carbocycles. The summed E-state index contributed by atoms with van der Waals surface area (Å²) < 4.78 is 0. The Morgan fingerprint density at radius 3 is 2.95 bits per heavy atom. The number of fused-ring (bicyclic) bond motifs is 1. The first-order valence-electron chi connectivity index (χ1n) is 6.56. The van der Waals surface area contributed by atoms with Crippen molar-refractivity contribution in [1.29, 1.82) is 0 Å². The van der Waals surface area contributed by atoms with Crippen LogP contribution in [0.1, 0.15) is 25.6 Å². The standard InChI is InChI=1S/C14H19N3O2/c1-2-10(9-18)15-14(19)8-7-13-16-11-5-3-4-6-12(11)17-13/h3-6,10,18H,2,7-9H2,1H3,(H,15,19)(H,16,17)/t10-/m0/s1. The number of hydrogen-bond donors (Lipinski definition) is 3. The average molecular weight is 261 g/mol. The van der Waals surface area contributed by atoms with Gasteiger partial charge in [-0.3, -0.25) is 4.79 Å². The number of carbonyl (C=O) groups is 1. The Balaban J connectivity index is 1.89. The van der Waals surface area contributed by atoms with E-state index in [2.05, 4.69) is 15.3 Å². The predicted molar refractivity (Wildman–Crippen MR) is 73.7 cm³/mol. The van der Waals surface area contributed by atoms with Crippen molar-refractivity contribution in [1.82, 2.24) is 15.3 Å². The number of nitrogens with one attached hydrogen (secondary N) is 2. The Kier molecular flexibility index (Phi) is 4.52. The highest BCUT2D eigenvalue weighted by molar-refractivity contribution is 5.77. The van der Waals surface area contributed by atoms with E-state index < -0.39 is 0 Å². The second-order valence-electron chi connectivity index (χ2n) is 4.56. The van der Waals surface area contributed by atoms with Crippen LogP contribution in [0.25, 0.3) is 11.0 Å². The lowest BCUT2D eigenvalue weighted by atomic mass is 10.2. The molecule has 0 radical (unpaired) electrons. The highest BCUT2D eigenvalue weighted by Crippen LogP contribution is 2.11. The van der Waals surface area contributed by atoms with Crippen LogP contribution in [-0.2, 0) is 11.2 Å². The maximum atomic E-state index is 11.7. The van der Waals surface area contributed by atoms with Crippen LogP contribution in [0.5, 0.6) is 0 Å². The number of rotatable bonds is 6. The molecule has 0 saturated heterocycles. The summed E-state index contributed by atoms with van der Waals surface area (Å²) in [6.45, 7) is 1.91. The number of benzene rings is 1. The van der Waals surface area contributed by atoms with Crippen LogP contribution in [0.15, 0.2) is 24.3 Å². The number of aliphatic hydroxyl groups excluding tert-OH is 1. The second-order valence-corrected chi connectivity index (χ2v) is 4.56. The molecule has 5 heteroatoms. The zero-order valence-corrected chi connectivity index (χ0v) is 11.0. The molecule has 5 nitrogen and oxygen atoms in total. The minimum absolute atomic E-state index is 0.0210. The maximum Gasteiger partial charge on any atom is 0.220 e. The van der Waals surface area contributed by atoms with Gasteiger partial charge in [0.15, 0.2) is 0 Å². The summed E-state index contributed by atoms with van der Waals surface area (Å²) in [5.74, 6) is 0.759. The summed E-state index contributed by atoms with van der Waals surface area (Å²) in [6, 6.07) is 7.64. The molecule has 1 heterocycles. The van der Waals surface area contributed by atoms with E-state index in [0.29, 0.717) is 12.8 Å². The van der Waals surface area contributed by atoms with Crippen LogP contribution in [0, 0.1) is 0 Å². The van der Waals surface area contributed by atoms with Gasteiger partial charge in [-0.15, -0.1) is 0 Å². The minimum atomic E-state index is -0.150. The van der Waals surface area contributed by atoms with E-state index in [1.54, 1.807) is 0 Å². The summed E-state index contributed by atoms with van der Waals surface area (Å²) in [6.07, 6.45) is 1.67. The Bertz CT molecular complexity index is 513. The number of H-pyrrole nitrogens is 1. The molecule has 0 fully saturated rings. The fourth-order valence-corrected chi connectivity index (χ4v) is 1.93. The first kappa shape index (κ1) is 13.5. The maximum absolute atomic E-state index is 11.7. The summed E-state index contributed by atoms with van der Waals surface area (Å²) in [7, 11) is 0. The smallest absolute Gasteiger partial charge is 0.220 e. The second kappa shape index (κ2) is 6.33. The Hall–Kier alpha value is -1.88. The van der Waals surface area contributed by atoms with Crippen molar-refractivity contribution >= 4 is 16.9 Å². The van der Waals surface area contributed by atoms with Crippen molar-refractivity contribution in [3.63, 3.8) is 0 Å². The topological polar surface area (TPSA) is 78.0 Å². The summed E-state index contributed by atoms with van der Waals surface area (Å²) in [4.78, 5) is 19.3. The molecule has 19 heavy (non-hydrogen) atoms. The minimum Gasteiger partial charge on any atom is -0.394 e. The van der Waals surface area contributed by atoms with Gasteiger partial charge in [-0.05, 0) is 18.6 Å². The largest absolute Gasteiger partial charge is 0.394 e. The van der Waals surface area contributed by atoms with Gasteiger partial charge in [-0.1, -0.05) is 19.1 Å². The molecule has 0 aliphatic rings. The highest BCUT2D eigenvalue weighted by atomic mass is 16.3. The molecular weight excluding hydrogens is 242 g/mol. The van der Waals surface area contributed by atoms with Crippen molar-refractivity contribution in [3.8, 4) is 0 Å². The van der Waals surface area contributed by atoms with E-state index in [-0.39, 0.29) is 18.6 Å². The van der Waals surface area contributed by atoms with E-state index in [1.165, 1.54) is 0 Å². The summed E-state index contributed by atoms with van der Waals surface area (Å²) in [5.41, 5.74) is 1.90. The molecule has 1 aromatic carbocycles. The summed E-state index contributed by atoms with van der Waals surface area (Å²) in [5, 5.41) is 11.8. The predicted octanol–water partition coefficient (Wildman–Crippen LogP) is 1.38. The molecule has 1 aromatic heterocycles. The molecule has 1 atom stereocenters. The van der Waals surface area contributed by atoms with Gasteiger partial charge < -0.3 is 15.4 Å². The van der Waals surface area contributed by atoms with Gasteiger partial charge in [0.1, 0.15) is 5.82 Å². The van der Waals surface area contributed by atoms with Gasteiger partial charge in [0.25, 0.3) is 0 Å². The monoisotopic (exact) mass is 261 g/mol. The van der Waals surface area contributed by atoms with Crippen LogP contribution in [-0.4, -0.2) is 33.6 Å². The third-order valence-corrected chi connectivity index (χ3v) is 3.11. The van der Waals surface area contributed by atoms with E-state index in [1.807, 2.05) is 31.2 Å². The van der Waals surface area contributed by atoms with Gasteiger partial charge in [0.2, 0.25) is 5.91 Å². The average Bonchev–Trinajstić information content (AvgIpc) is 2.85. The molecule has 0 spiro atoms. The van der Waals surface area contributed by atoms with Crippen molar-refractivity contribution in [3.05, 3.63) is 30.1 Å². The fraction of sp³-hybridized carbons (Fsp3) is 0.429. The van der Waals surface area contributed by atoms with Crippen molar-refractivity contribution in [2.24, 2.45) is 0 Å². The number of aromatic amines is 1. The first-order valence-corrected chi connectivity index (χ1v) is 6.56. The van der Waals surface area contributed by atoms with Gasteiger partial charge >= 0.3 is 0 Å². The van der Waals surface area contributed by atoms with Crippen molar-refractivity contribution < 1.29 is 9.90 Å². The zero-order chi connectivity index (χ0) is 13.7. The number of aryl methyl sites for hydroxylation is 1. The molecule has 0 unspecified atom stereocenters. The molecule has 2 rings (SSSR count). The van der Waals surface area contributed by atoms with Crippen molar-refractivity contribution in [2.45, 2.75) is 32.2 Å². The molecule has 102 valence electrons. The van der Waals surface area contributed by atoms with Gasteiger partial charge in [-0.2, -0.15) is 0 Å². The number of aromatic nitrogens is 2. The van der Waals surface area contributed by atoms with E-state index in [0.717, 1.165) is 23.3 Å². The third-order valence-electron chi connectivity index (χ3n) is 3.11. The summed E-state index contributed by atoms with van der Waals surface area (Å²) >= 11 is 0. The van der Waals surface area contributed by atoms with E-state index in [9.17, 15) is 4.79 Å². The lowest BCUT2D eigenvalue weighted by Gasteiger charge is -2.13. The van der Waals surface area contributed by atoms with Gasteiger partial charge in [0, 0.05) is 12.8 Å². The lowest BCUT2D eigenvalue weighted by molar-refractivity contribution is -0.122. The first-order chi connectivity index (χ1) is 9.22. The van der Waals surface area contributed by atoms with Crippen molar-refractivity contribution in [2.75, 3.05) is 6.61 Å². The van der Waals surface area contributed by atoms with Gasteiger partial charge in [0.05, 0.1) is 23.7 Å². The number of hydrogen-bond acceptors (Lipinski definition) is 3. The third kappa shape index (κ3) is 3.54. The molecule has 2 aromatic rings. The molecular formula is C14H19N3O2. The molecule has 3 N–H and O–H groups in total. The highest BCUT2D eigenvalue weighted by Gasteiger charge is 2.10. The number of para-hydroxylation sites is 2. The number of nitrogens with zero attached hydrogens (tertiary/aromatic N) is 1. The number of amides is 1. The fourth-order valence-electron chi connectivity index (χ4n) is 1.93. The van der Waals surface area contributed by atoms with Gasteiger partial charge in [-0.25, -0.2) is 4.98 Å². The van der Waals surface area contributed by atoms with Crippen LogP contribution in [0.3, 0.4) is 0 Å². The SMILES string of the molecule is CC[C@@H](CO)NC(=O)CCc1nc2ccccc2[nH]1. The van der Waals surface area contributed by atoms with Crippen LogP contribution in [0.2, 0.25) is 0 Å². The molecule has 0 bridgehead atoms.